The largest absolute Gasteiger partial charge is 0.384 e. The fourth-order valence-electron chi connectivity index (χ4n) is 3.09. The average molecular weight is 266 g/mol. The van der Waals surface area contributed by atoms with Crippen LogP contribution in [0.2, 0.25) is 0 Å². The zero-order chi connectivity index (χ0) is 12.6. The summed E-state index contributed by atoms with van der Waals surface area (Å²) < 4.78 is 0. The molecule has 1 N–H and O–H groups in total. The van der Waals surface area contributed by atoms with Crippen LogP contribution in [0.25, 0.3) is 0 Å². The molecule has 1 aliphatic heterocycles. The van der Waals surface area contributed by atoms with E-state index >= 15 is 0 Å². The molecule has 3 nitrogen and oxygen atoms in total. The lowest BCUT2D eigenvalue weighted by atomic mass is 9.80. The summed E-state index contributed by atoms with van der Waals surface area (Å²) in [6, 6.07) is 0.720. The molecular formula is C14H22N2OS. The monoisotopic (exact) mass is 266 g/mol. The van der Waals surface area contributed by atoms with E-state index in [0.717, 1.165) is 48.0 Å². The van der Waals surface area contributed by atoms with E-state index < -0.39 is 5.60 Å². The van der Waals surface area contributed by atoms with E-state index in [2.05, 4.69) is 16.8 Å². The van der Waals surface area contributed by atoms with Gasteiger partial charge < -0.3 is 10.0 Å². The van der Waals surface area contributed by atoms with Gasteiger partial charge in [0.1, 0.15) is 5.60 Å². The summed E-state index contributed by atoms with van der Waals surface area (Å²) in [6.45, 7) is 4.65. The average Bonchev–Trinajstić information content (AvgIpc) is 2.79. The lowest BCUT2D eigenvalue weighted by Gasteiger charge is -2.44. The number of aryl methyl sites for hydroxylation is 1. The van der Waals surface area contributed by atoms with Crippen LogP contribution in [0.1, 0.15) is 48.9 Å². The number of rotatable bonds is 3. The summed E-state index contributed by atoms with van der Waals surface area (Å²) in [6.07, 6.45) is 8.30. The van der Waals surface area contributed by atoms with Crippen molar-refractivity contribution in [3.05, 3.63) is 16.1 Å². The van der Waals surface area contributed by atoms with Gasteiger partial charge in [-0.15, -0.1) is 11.3 Å². The van der Waals surface area contributed by atoms with Crippen LogP contribution >= 0.6 is 11.3 Å². The van der Waals surface area contributed by atoms with Crippen LogP contribution in [0.15, 0.2) is 6.20 Å². The van der Waals surface area contributed by atoms with E-state index in [-0.39, 0.29) is 0 Å². The van der Waals surface area contributed by atoms with Gasteiger partial charge in [0.15, 0.2) is 0 Å². The Morgan fingerprint density at radius 3 is 2.67 bits per heavy atom. The molecule has 1 saturated heterocycles. The number of hydrogen-bond donors (Lipinski definition) is 1. The Labute approximate surface area is 113 Å². The van der Waals surface area contributed by atoms with Crippen LogP contribution in [0, 0.1) is 0 Å². The number of aromatic nitrogens is 1. The third kappa shape index (κ3) is 2.22. The first-order chi connectivity index (χ1) is 8.71. The fourth-order valence-corrected chi connectivity index (χ4v) is 4.09. The summed E-state index contributed by atoms with van der Waals surface area (Å²) in [7, 11) is 0. The van der Waals surface area contributed by atoms with Crippen LogP contribution in [0.4, 0.5) is 0 Å². The normalized spacial score (nSPS) is 33.3. The summed E-state index contributed by atoms with van der Waals surface area (Å²) in [5, 5.41) is 11.9. The maximum Gasteiger partial charge on any atom is 0.100 e. The molecule has 1 aromatic heterocycles. The van der Waals surface area contributed by atoms with Gasteiger partial charge >= 0.3 is 0 Å². The van der Waals surface area contributed by atoms with Crippen molar-refractivity contribution in [2.24, 2.45) is 0 Å². The first kappa shape index (κ1) is 12.6. The molecule has 0 radical (unpaired) electrons. The molecule has 100 valence electrons. The zero-order valence-electron chi connectivity index (χ0n) is 11.1. The van der Waals surface area contributed by atoms with Crippen LogP contribution in [-0.4, -0.2) is 34.1 Å². The number of thiazole rings is 1. The minimum absolute atomic E-state index is 0.591. The SMILES string of the molecule is CCc1ncc(C2(O)CCC(N3CCC3)CC2)s1. The lowest BCUT2D eigenvalue weighted by molar-refractivity contribution is -0.0320. The van der Waals surface area contributed by atoms with Gasteiger partial charge in [-0.25, -0.2) is 4.98 Å². The molecule has 2 fully saturated rings. The highest BCUT2D eigenvalue weighted by Gasteiger charge is 2.38. The first-order valence-corrected chi connectivity index (χ1v) is 7.94. The molecule has 1 saturated carbocycles. The van der Waals surface area contributed by atoms with Gasteiger partial charge in [0.05, 0.1) is 9.88 Å². The smallest absolute Gasteiger partial charge is 0.100 e. The molecule has 0 amide bonds. The quantitative estimate of drug-likeness (QED) is 0.913. The molecule has 2 heterocycles. The van der Waals surface area contributed by atoms with Crippen LogP contribution in [0.3, 0.4) is 0 Å². The number of likely N-dealkylation sites (tertiary alicyclic amines) is 1. The van der Waals surface area contributed by atoms with Crippen molar-refractivity contribution in [1.82, 2.24) is 9.88 Å². The maximum atomic E-state index is 10.8. The summed E-state index contributed by atoms with van der Waals surface area (Å²) in [5.41, 5.74) is -0.591. The summed E-state index contributed by atoms with van der Waals surface area (Å²) in [4.78, 5) is 8.04. The first-order valence-electron chi connectivity index (χ1n) is 7.13. The van der Waals surface area contributed by atoms with Gasteiger partial charge in [-0.1, -0.05) is 6.92 Å². The Hall–Kier alpha value is -0.450. The van der Waals surface area contributed by atoms with E-state index in [0.29, 0.717) is 0 Å². The highest BCUT2D eigenvalue weighted by Crippen LogP contribution is 2.41. The Balaban J connectivity index is 1.65. The standard InChI is InChI=1S/C14H22N2OS/c1-2-13-15-10-12(18-13)14(17)6-4-11(5-7-14)16-8-3-9-16/h10-11,17H,2-9H2,1H3. The van der Waals surface area contributed by atoms with Gasteiger partial charge in [0.25, 0.3) is 0 Å². The minimum atomic E-state index is -0.591. The molecule has 2 aliphatic rings. The highest BCUT2D eigenvalue weighted by molar-refractivity contribution is 7.11. The molecular weight excluding hydrogens is 244 g/mol. The number of nitrogens with zero attached hydrogens (tertiary/aromatic N) is 2. The summed E-state index contributed by atoms with van der Waals surface area (Å²) in [5.74, 6) is 0. The molecule has 1 aliphatic carbocycles. The van der Waals surface area contributed by atoms with E-state index in [1.807, 2.05) is 6.20 Å². The van der Waals surface area contributed by atoms with Crippen molar-refractivity contribution in [1.29, 1.82) is 0 Å². The van der Waals surface area contributed by atoms with Crippen molar-refractivity contribution < 1.29 is 5.11 Å². The van der Waals surface area contributed by atoms with E-state index in [1.165, 1.54) is 19.5 Å². The Morgan fingerprint density at radius 2 is 2.17 bits per heavy atom. The minimum Gasteiger partial charge on any atom is -0.384 e. The van der Waals surface area contributed by atoms with Crippen molar-refractivity contribution in [2.75, 3.05) is 13.1 Å². The Morgan fingerprint density at radius 1 is 1.44 bits per heavy atom. The van der Waals surface area contributed by atoms with E-state index in [4.69, 9.17) is 0 Å². The highest BCUT2D eigenvalue weighted by atomic mass is 32.1. The molecule has 0 bridgehead atoms. The molecule has 18 heavy (non-hydrogen) atoms. The molecule has 0 atom stereocenters. The molecule has 0 unspecified atom stereocenters. The molecule has 4 heteroatoms. The lowest BCUT2D eigenvalue weighted by Crippen LogP contribution is -2.48. The fraction of sp³-hybridized carbons (Fsp3) is 0.786. The topological polar surface area (TPSA) is 36.4 Å². The predicted molar refractivity (Wildman–Crippen MR) is 73.8 cm³/mol. The molecule has 0 spiro atoms. The maximum absolute atomic E-state index is 10.8. The van der Waals surface area contributed by atoms with Crippen LogP contribution < -0.4 is 0 Å². The van der Waals surface area contributed by atoms with Crippen LogP contribution in [-0.2, 0) is 12.0 Å². The third-order valence-electron chi connectivity index (χ3n) is 4.50. The van der Waals surface area contributed by atoms with Crippen molar-refractivity contribution in [2.45, 2.75) is 57.1 Å². The Kier molecular flexibility index (Phi) is 3.43. The zero-order valence-corrected chi connectivity index (χ0v) is 11.9. The van der Waals surface area contributed by atoms with Crippen molar-refractivity contribution in [3.8, 4) is 0 Å². The number of aliphatic hydroxyl groups is 1. The van der Waals surface area contributed by atoms with Gasteiger partial charge in [-0.3, -0.25) is 0 Å². The second kappa shape index (κ2) is 4.91. The molecule has 3 rings (SSSR count). The number of hydrogen-bond acceptors (Lipinski definition) is 4. The predicted octanol–water partition coefficient (Wildman–Crippen LogP) is 2.54. The van der Waals surface area contributed by atoms with E-state index in [9.17, 15) is 5.11 Å². The van der Waals surface area contributed by atoms with Crippen molar-refractivity contribution >= 4 is 11.3 Å². The second-order valence-corrected chi connectivity index (χ2v) is 6.74. The van der Waals surface area contributed by atoms with Gasteiger partial charge in [-0.05, 0) is 51.6 Å². The molecule has 1 aromatic rings. The van der Waals surface area contributed by atoms with E-state index in [1.54, 1.807) is 11.3 Å². The second-order valence-electron chi connectivity index (χ2n) is 5.62. The van der Waals surface area contributed by atoms with Gasteiger partial charge in [-0.2, -0.15) is 0 Å². The Bertz CT molecular complexity index is 406. The van der Waals surface area contributed by atoms with Gasteiger partial charge in [0.2, 0.25) is 0 Å². The molecule has 0 aromatic carbocycles. The summed E-state index contributed by atoms with van der Waals surface area (Å²) >= 11 is 1.69. The van der Waals surface area contributed by atoms with Gasteiger partial charge in [0, 0.05) is 12.2 Å². The third-order valence-corrected chi connectivity index (χ3v) is 5.84. The van der Waals surface area contributed by atoms with Crippen LogP contribution in [0.5, 0.6) is 0 Å². The van der Waals surface area contributed by atoms with Crippen molar-refractivity contribution in [3.63, 3.8) is 0 Å².